The maximum absolute atomic E-state index is 8.36. The van der Waals surface area contributed by atoms with Gasteiger partial charge in [-0.15, -0.1) is 0 Å². The molecule has 6 heteroatoms. The van der Waals surface area contributed by atoms with Gasteiger partial charge in [0.2, 0.25) is 0 Å². The Morgan fingerprint density at radius 2 is 2.17 bits per heavy atom. The lowest BCUT2D eigenvalue weighted by Crippen LogP contribution is -2.48. The third-order valence-corrected chi connectivity index (χ3v) is 4.76. The molecule has 0 aromatic heterocycles. The van der Waals surface area contributed by atoms with Crippen molar-refractivity contribution in [3.63, 3.8) is 0 Å². The molecule has 1 N–H and O–H groups in total. The molecular formula is C17H28N2O4. The number of piperidine rings is 1. The highest BCUT2D eigenvalue weighted by molar-refractivity contribution is 5.85. The molecule has 0 radical (unpaired) electrons. The minimum absolute atomic E-state index is 0.0282. The third kappa shape index (κ3) is 5.04. The van der Waals surface area contributed by atoms with E-state index in [4.69, 9.17) is 19.5 Å². The number of hydrogen-bond acceptors (Lipinski definition) is 5. The first-order valence-corrected chi connectivity index (χ1v) is 8.45. The zero-order valence-electron chi connectivity index (χ0n) is 14.2. The molecule has 0 bridgehead atoms. The van der Waals surface area contributed by atoms with Gasteiger partial charge in [-0.2, -0.15) is 0 Å². The summed E-state index contributed by atoms with van der Waals surface area (Å²) in [6.07, 6.45) is 7.97. The summed E-state index contributed by atoms with van der Waals surface area (Å²) in [6, 6.07) is 0. The molecule has 3 aliphatic heterocycles. The Morgan fingerprint density at radius 1 is 1.48 bits per heavy atom. The number of rotatable bonds is 3. The molecule has 1 saturated heterocycles. The Kier molecular flexibility index (Phi) is 6.59. The molecule has 0 saturated carbocycles. The van der Waals surface area contributed by atoms with E-state index in [0.717, 1.165) is 58.3 Å². The third-order valence-electron chi connectivity index (χ3n) is 4.76. The second kappa shape index (κ2) is 8.45. The van der Waals surface area contributed by atoms with Gasteiger partial charge < -0.3 is 14.7 Å². The van der Waals surface area contributed by atoms with E-state index in [1.165, 1.54) is 11.3 Å². The van der Waals surface area contributed by atoms with Crippen molar-refractivity contribution in [3.05, 3.63) is 11.6 Å². The molecule has 1 unspecified atom stereocenters. The lowest BCUT2D eigenvalue weighted by Gasteiger charge is -2.42. The molecule has 0 aromatic rings. The van der Waals surface area contributed by atoms with E-state index in [9.17, 15) is 0 Å². The smallest absolute Gasteiger partial charge is 0.290 e. The average molecular weight is 324 g/mol. The molecule has 1 fully saturated rings. The zero-order chi connectivity index (χ0) is 16.7. The predicted octanol–water partition coefficient (Wildman–Crippen LogP) is 2.44. The largest absolute Gasteiger partial charge is 0.483 e. The number of ether oxygens (including phenoxy) is 1. The number of oxime groups is 1. The fourth-order valence-electron chi connectivity index (χ4n) is 3.46. The highest BCUT2D eigenvalue weighted by Gasteiger charge is 2.36. The highest BCUT2D eigenvalue weighted by Crippen LogP contribution is 2.33. The highest BCUT2D eigenvalue weighted by atomic mass is 16.6. The summed E-state index contributed by atoms with van der Waals surface area (Å²) in [7, 11) is 0. The first kappa shape index (κ1) is 17.9. The van der Waals surface area contributed by atoms with Crippen molar-refractivity contribution in [3.8, 4) is 0 Å². The van der Waals surface area contributed by atoms with Crippen LogP contribution in [0.1, 0.15) is 46.0 Å². The average Bonchev–Trinajstić information content (AvgIpc) is 2.98. The van der Waals surface area contributed by atoms with Crippen LogP contribution in [0.5, 0.6) is 0 Å². The van der Waals surface area contributed by atoms with Crippen LogP contribution in [-0.4, -0.2) is 60.1 Å². The first-order valence-electron chi connectivity index (χ1n) is 8.45. The van der Waals surface area contributed by atoms with Crippen LogP contribution >= 0.6 is 0 Å². The summed E-state index contributed by atoms with van der Waals surface area (Å²) < 4.78 is 6.07. The van der Waals surface area contributed by atoms with Gasteiger partial charge in [-0.1, -0.05) is 23.7 Å². The fourth-order valence-corrected chi connectivity index (χ4v) is 3.46. The van der Waals surface area contributed by atoms with Gasteiger partial charge in [0.1, 0.15) is 6.10 Å². The maximum atomic E-state index is 8.36. The van der Waals surface area contributed by atoms with Gasteiger partial charge in [0.25, 0.3) is 6.47 Å². The molecular weight excluding hydrogens is 296 g/mol. The number of carboxylic acid groups (broad SMARTS) is 1. The number of nitrogens with zero attached hydrogens (tertiary/aromatic N) is 2. The number of carbonyl (C=O) groups is 1. The van der Waals surface area contributed by atoms with Gasteiger partial charge in [0, 0.05) is 26.1 Å². The second-order valence-electron chi connectivity index (χ2n) is 6.50. The topological polar surface area (TPSA) is 71.4 Å². The Labute approximate surface area is 138 Å². The molecule has 1 atom stereocenters. The monoisotopic (exact) mass is 324 g/mol. The van der Waals surface area contributed by atoms with Crippen LogP contribution < -0.4 is 0 Å². The molecule has 130 valence electrons. The van der Waals surface area contributed by atoms with Crippen molar-refractivity contribution in [2.75, 3.05) is 26.2 Å². The van der Waals surface area contributed by atoms with E-state index in [1.807, 2.05) is 0 Å². The van der Waals surface area contributed by atoms with Crippen LogP contribution in [-0.2, 0) is 14.4 Å². The van der Waals surface area contributed by atoms with E-state index in [1.54, 1.807) is 0 Å². The van der Waals surface area contributed by atoms with E-state index >= 15 is 0 Å². The van der Waals surface area contributed by atoms with Gasteiger partial charge >= 0.3 is 0 Å². The predicted molar refractivity (Wildman–Crippen MR) is 88.6 cm³/mol. The molecule has 6 nitrogen and oxygen atoms in total. The molecule has 3 rings (SSSR count). The van der Waals surface area contributed by atoms with Crippen molar-refractivity contribution >= 4 is 12.2 Å². The SMILES string of the molecule is CCC1=NOC(CN2CCC3(C=C(C)CCO3)CC2)C1.O=CO. The molecule has 1 spiro atoms. The maximum Gasteiger partial charge on any atom is 0.290 e. The van der Waals surface area contributed by atoms with Crippen molar-refractivity contribution in [2.24, 2.45) is 5.16 Å². The van der Waals surface area contributed by atoms with Crippen LogP contribution in [0.3, 0.4) is 0 Å². The number of likely N-dealkylation sites (tertiary alicyclic amines) is 1. The summed E-state index contributed by atoms with van der Waals surface area (Å²) in [4.78, 5) is 16.4. The van der Waals surface area contributed by atoms with E-state index in [-0.39, 0.29) is 18.2 Å². The number of hydrogen-bond donors (Lipinski definition) is 1. The van der Waals surface area contributed by atoms with Gasteiger partial charge in [-0.3, -0.25) is 9.69 Å². The molecule has 0 aliphatic carbocycles. The van der Waals surface area contributed by atoms with Crippen molar-refractivity contribution in [1.82, 2.24) is 4.90 Å². The Balaban J connectivity index is 0.000000595. The molecule has 3 aliphatic rings. The minimum atomic E-state index is -0.250. The Morgan fingerprint density at radius 3 is 2.74 bits per heavy atom. The fraction of sp³-hybridized carbons (Fsp3) is 0.765. The quantitative estimate of drug-likeness (QED) is 0.638. The van der Waals surface area contributed by atoms with Crippen LogP contribution in [0, 0.1) is 0 Å². The summed E-state index contributed by atoms with van der Waals surface area (Å²) in [5, 5.41) is 11.0. The van der Waals surface area contributed by atoms with Gasteiger partial charge in [0.05, 0.1) is 17.9 Å². The normalized spacial score (nSPS) is 26.6. The second-order valence-corrected chi connectivity index (χ2v) is 6.50. The zero-order valence-corrected chi connectivity index (χ0v) is 14.2. The lowest BCUT2D eigenvalue weighted by molar-refractivity contribution is -0.122. The van der Waals surface area contributed by atoms with Crippen molar-refractivity contribution < 1.29 is 19.5 Å². The van der Waals surface area contributed by atoms with Gasteiger partial charge in [-0.25, -0.2) is 0 Å². The van der Waals surface area contributed by atoms with E-state index in [0.29, 0.717) is 0 Å². The lowest BCUT2D eigenvalue weighted by atomic mass is 9.87. The van der Waals surface area contributed by atoms with Crippen LogP contribution in [0.2, 0.25) is 0 Å². The van der Waals surface area contributed by atoms with Crippen LogP contribution in [0.15, 0.2) is 16.8 Å². The molecule has 0 aromatic carbocycles. The van der Waals surface area contributed by atoms with Crippen LogP contribution in [0.25, 0.3) is 0 Å². The standard InChI is InChI=1S/C16H26N2O2.CH2O2/c1-3-14-10-15(20-17-14)12-18-7-5-16(6-8-18)11-13(2)4-9-19-16;2-1-3/h11,15H,3-10,12H2,1-2H3;1H,(H,2,3). The van der Waals surface area contributed by atoms with Crippen molar-refractivity contribution in [2.45, 2.75) is 57.7 Å². The summed E-state index contributed by atoms with van der Waals surface area (Å²) in [5.74, 6) is 0. The van der Waals surface area contributed by atoms with Gasteiger partial charge in [-0.05, 0) is 32.6 Å². The van der Waals surface area contributed by atoms with Gasteiger partial charge in [0.15, 0.2) is 0 Å². The van der Waals surface area contributed by atoms with E-state index < -0.39 is 0 Å². The first-order chi connectivity index (χ1) is 11.1. The molecule has 23 heavy (non-hydrogen) atoms. The minimum Gasteiger partial charge on any atom is -0.483 e. The summed E-state index contributed by atoms with van der Waals surface area (Å²) in [5.41, 5.74) is 2.72. The van der Waals surface area contributed by atoms with Crippen molar-refractivity contribution in [1.29, 1.82) is 0 Å². The Bertz CT molecular complexity index is 454. The molecule has 3 heterocycles. The summed E-state index contributed by atoms with van der Waals surface area (Å²) in [6.45, 7) is 8.22. The molecule has 0 amide bonds. The summed E-state index contributed by atoms with van der Waals surface area (Å²) >= 11 is 0. The van der Waals surface area contributed by atoms with Crippen LogP contribution in [0.4, 0.5) is 0 Å². The van der Waals surface area contributed by atoms with E-state index in [2.05, 4.69) is 30.0 Å². The Hall–Kier alpha value is -1.40.